The molecule has 3 heterocycles. The molecule has 2 aromatic rings. The van der Waals surface area contributed by atoms with Crippen molar-refractivity contribution in [3.63, 3.8) is 0 Å². The monoisotopic (exact) mass is 489 g/mol. The van der Waals surface area contributed by atoms with Crippen molar-refractivity contribution in [3.05, 3.63) is 63.1 Å². The number of fused-ring (bicyclic) bond motifs is 3. The van der Waals surface area contributed by atoms with Crippen molar-refractivity contribution in [2.75, 3.05) is 24.8 Å². The number of ketones is 1. The minimum absolute atomic E-state index is 0.0408. The summed E-state index contributed by atoms with van der Waals surface area (Å²) in [7, 11) is 0. The Morgan fingerprint density at radius 2 is 2.03 bits per heavy atom. The molecule has 0 aliphatic carbocycles. The number of amides is 1. The number of ether oxygens (including phenoxy) is 1. The van der Waals surface area contributed by atoms with E-state index in [0.717, 1.165) is 25.0 Å². The fourth-order valence-corrected chi connectivity index (χ4v) is 4.85. The summed E-state index contributed by atoms with van der Waals surface area (Å²) < 4.78 is 34.1. The number of aromatic nitrogens is 1. The zero-order valence-electron chi connectivity index (χ0n) is 19.8. The molecule has 2 aliphatic heterocycles. The molecule has 0 saturated carbocycles. The fraction of sp³-hybridized carbons (Fsp3) is 0.480. The van der Waals surface area contributed by atoms with Gasteiger partial charge in [-0.15, -0.1) is 0 Å². The Balaban J connectivity index is 1.68. The van der Waals surface area contributed by atoms with Crippen LogP contribution in [-0.4, -0.2) is 58.3 Å². The normalized spacial score (nSPS) is 18.3. The van der Waals surface area contributed by atoms with E-state index in [0.29, 0.717) is 26.2 Å². The summed E-state index contributed by atoms with van der Waals surface area (Å²) in [5.74, 6) is -3.38. The van der Waals surface area contributed by atoms with E-state index in [1.54, 1.807) is 4.90 Å². The second-order valence-electron chi connectivity index (χ2n) is 8.93. The second kappa shape index (κ2) is 10.2. The van der Waals surface area contributed by atoms with Crippen LogP contribution in [0.15, 0.2) is 29.2 Å². The molecule has 188 valence electrons. The fourth-order valence-electron chi connectivity index (χ4n) is 4.85. The Morgan fingerprint density at radius 3 is 2.74 bits per heavy atom. The highest BCUT2D eigenvalue weighted by molar-refractivity contribution is 6.00. The number of halogens is 2. The minimum Gasteiger partial charge on any atom is -0.502 e. The summed E-state index contributed by atoms with van der Waals surface area (Å²) in [6, 6.07) is 2.80. The number of aromatic hydroxyl groups is 1. The van der Waals surface area contributed by atoms with Crippen LogP contribution in [0.1, 0.15) is 65.9 Å². The third-order valence-electron chi connectivity index (χ3n) is 6.62. The van der Waals surface area contributed by atoms with Crippen molar-refractivity contribution in [2.24, 2.45) is 0 Å². The lowest BCUT2D eigenvalue weighted by molar-refractivity contribution is 0.0183. The zero-order valence-corrected chi connectivity index (χ0v) is 19.8. The molecule has 1 aromatic carbocycles. The molecule has 2 aliphatic rings. The van der Waals surface area contributed by atoms with Crippen LogP contribution in [0.5, 0.6) is 5.75 Å². The first kappa shape index (κ1) is 24.8. The Kier molecular flexibility index (Phi) is 7.20. The lowest BCUT2D eigenvalue weighted by Gasteiger charge is -2.50. The number of nitrogens with zero attached hydrogens (tertiary/aromatic N) is 3. The van der Waals surface area contributed by atoms with Gasteiger partial charge >= 0.3 is 0 Å². The third-order valence-corrected chi connectivity index (χ3v) is 6.62. The molecule has 4 rings (SSSR count). The van der Waals surface area contributed by atoms with Crippen LogP contribution in [0.25, 0.3) is 0 Å². The summed E-state index contributed by atoms with van der Waals surface area (Å²) in [6.45, 7) is 5.10. The molecule has 1 N–H and O–H groups in total. The third kappa shape index (κ3) is 4.67. The molecule has 2 atom stereocenters. The maximum atomic E-state index is 14.0. The Hall–Kier alpha value is -3.27. The van der Waals surface area contributed by atoms with E-state index in [-0.39, 0.29) is 41.9 Å². The van der Waals surface area contributed by atoms with E-state index in [1.807, 2.05) is 18.9 Å². The van der Waals surface area contributed by atoms with Crippen molar-refractivity contribution in [2.45, 2.75) is 58.2 Å². The van der Waals surface area contributed by atoms with Crippen LogP contribution in [0.3, 0.4) is 0 Å². The predicted molar refractivity (Wildman–Crippen MR) is 124 cm³/mol. The summed E-state index contributed by atoms with van der Waals surface area (Å²) in [5, 5.41) is 12.7. The van der Waals surface area contributed by atoms with Gasteiger partial charge in [0, 0.05) is 31.8 Å². The van der Waals surface area contributed by atoms with Crippen LogP contribution in [0, 0.1) is 11.6 Å². The second-order valence-corrected chi connectivity index (χ2v) is 8.93. The average Bonchev–Trinajstić information content (AvgIpc) is 2.83. The van der Waals surface area contributed by atoms with Crippen molar-refractivity contribution in [1.82, 2.24) is 9.58 Å². The quantitative estimate of drug-likeness (QED) is 0.574. The Morgan fingerprint density at radius 1 is 1.26 bits per heavy atom. The molecule has 0 bridgehead atoms. The lowest BCUT2D eigenvalue weighted by Crippen LogP contribution is -2.65. The molecule has 10 heteroatoms. The SMILES string of the molecule is CCOC[C@@H](C)N1C(=O)c2c(O)c(=O)c(C(=O)CCc3ccc(F)cc3F)cn2N2CCCC[C@@H]12. The number of benzene rings is 1. The highest BCUT2D eigenvalue weighted by Gasteiger charge is 2.43. The van der Waals surface area contributed by atoms with E-state index in [1.165, 1.54) is 16.9 Å². The van der Waals surface area contributed by atoms with Gasteiger partial charge in [-0.1, -0.05) is 6.07 Å². The van der Waals surface area contributed by atoms with E-state index < -0.39 is 34.5 Å². The molecule has 1 amide bonds. The van der Waals surface area contributed by atoms with Crippen molar-refractivity contribution >= 4 is 11.7 Å². The maximum absolute atomic E-state index is 14.0. The number of aryl methyl sites for hydroxylation is 1. The van der Waals surface area contributed by atoms with Gasteiger partial charge < -0.3 is 14.7 Å². The highest BCUT2D eigenvalue weighted by Crippen LogP contribution is 2.31. The molecular formula is C25H29F2N3O5. The molecule has 0 unspecified atom stereocenters. The predicted octanol–water partition coefficient (Wildman–Crippen LogP) is 2.98. The number of hydrogen-bond donors (Lipinski definition) is 1. The van der Waals surface area contributed by atoms with Crippen LogP contribution in [0.2, 0.25) is 0 Å². The van der Waals surface area contributed by atoms with Gasteiger partial charge in [0.2, 0.25) is 5.43 Å². The van der Waals surface area contributed by atoms with Gasteiger partial charge in [-0.3, -0.25) is 24.1 Å². The van der Waals surface area contributed by atoms with E-state index >= 15 is 0 Å². The smallest absolute Gasteiger partial charge is 0.278 e. The summed E-state index contributed by atoms with van der Waals surface area (Å²) in [4.78, 5) is 41.0. The van der Waals surface area contributed by atoms with Gasteiger partial charge in [-0.05, 0) is 51.2 Å². The van der Waals surface area contributed by atoms with Gasteiger partial charge in [0.05, 0.1) is 18.2 Å². The standard InChI is InChI=1S/C25H29F2N3O5/c1-3-35-14-15(2)30-21-6-4-5-11-28(21)29-13-18(23(32)24(33)22(29)25(30)34)20(31)10-8-16-7-9-17(26)12-19(16)27/h7,9,12-13,15,21,33H,3-6,8,10-11,14H2,1-2H3/t15-,21-/m1/s1. The van der Waals surface area contributed by atoms with Crippen LogP contribution < -0.4 is 10.4 Å². The number of hydrogen-bond acceptors (Lipinski definition) is 6. The number of Topliss-reactive ketones (excluding diaryl/α,β-unsaturated/α-hetero) is 1. The summed E-state index contributed by atoms with van der Waals surface area (Å²) in [6.07, 6.45) is 3.19. The topological polar surface area (TPSA) is 92.1 Å². The van der Waals surface area contributed by atoms with Gasteiger partial charge in [0.1, 0.15) is 17.8 Å². The molecule has 1 saturated heterocycles. The lowest BCUT2D eigenvalue weighted by atomic mass is 10.0. The zero-order chi connectivity index (χ0) is 25.3. The van der Waals surface area contributed by atoms with E-state index in [4.69, 9.17) is 4.74 Å². The van der Waals surface area contributed by atoms with Gasteiger partial charge in [-0.2, -0.15) is 0 Å². The van der Waals surface area contributed by atoms with Gasteiger partial charge in [0.25, 0.3) is 5.91 Å². The van der Waals surface area contributed by atoms with Gasteiger partial charge in [-0.25, -0.2) is 8.78 Å². The van der Waals surface area contributed by atoms with Crippen LogP contribution in [-0.2, 0) is 11.2 Å². The minimum atomic E-state index is -0.943. The number of pyridine rings is 1. The van der Waals surface area contributed by atoms with E-state index in [9.17, 15) is 28.3 Å². The summed E-state index contributed by atoms with van der Waals surface area (Å²) in [5.41, 5.74) is -1.26. The molecule has 0 radical (unpaired) electrons. The average molecular weight is 490 g/mol. The first-order chi connectivity index (χ1) is 16.7. The maximum Gasteiger partial charge on any atom is 0.278 e. The van der Waals surface area contributed by atoms with Crippen LogP contribution in [0.4, 0.5) is 8.78 Å². The number of piperidine rings is 1. The van der Waals surface area contributed by atoms with Crippen molar-refractivity contribution in [1.29, 1.82) is 0 Å². The first-order valence-electron chi connectivity index (χ1n) is 11.9. The Labute approximate surface area is 201 Å². The van der Waals surface area contributed by atoms with Gasteiger partial charge in [0.15, 0.2) is 17.2 Å². The molecular weight excluding hydrogens is 460 g/mol. The highest BCUT2D eigenvalue weighted by atomic mass is 19.1. The number of carbonyl (C=O) groups is 2. The Bertz CT molecular complexity index is 1200. The largest absolute Gasteiger partial charge is 0.502 e. The molecule has 35 heavy (non-hydrogen) atoms. The molecule has 8 nitrogen and oxygen atoms in total. The molecule has 1 aromatic heterocycles. The van der Waals surface area contributed by atoms with E-state index in [2.05, 4.69) is 0 Å². The van der Waals surface area contributed by atoms with Crippen molar-refractivity contribution in [3.8, 4) is 5.75 Å². The number of rotatable bonds is 8. The van der Waals surface area contributed by atoms with Crippen molar-refractivity contribution < 1.29 is 28.2 Å². The number of carbonyl (C=O) groups excluding carboxylic acids is 2. The molecule has 0 spiro atoms. The van der Waals surface area contributed by atoms with Crippen LogP contribution >= 0.6 is 0 Å². The molecule has 1 fully saturated rings. The summed E-state index contributed by atoms with van der Waals surface area (Å²) >= 11 is 0. The first-order valence-corrected chi connectivity index (χ1v) is 11.9.